The Morgan fingerprint density at radius 2 is 1.90 bits per heavy atom. The molecule has 9 nitrogen and oxygen atoms in total. The topological polar surface area (TPSA) is 112 Å². The third-order valence-corrected chi connectivity index (χ3v) is 9.47. The van der Waals surface area contributed by atoms with Crippen molar-refractivity contribution >= 4 is 32.7 Å². The largest absolute Gasteiger partial charge is 0.303 e. The van der Waals surface area contributed by atoms with Gasteiger partial charge in [0.2, 0.25) is 5.95 Å². The highest BCUT2D eigenvalue weighted by atomic mass is 35.5. The van der Waals surface area contributed by atoms with Crippen LogP contribution in [0.3, 0.4) is 0 Å². The highest BCUT2D eigenvalue weighted by Crippen LogP contribution is 2.60. The van der Waals surface area contributed by atoms with Crippen LogP contribution >= 0.6 is 11.6 Å². The highest BCUT2D eigenvalue weighted by Gasteiger charge is 2.55. The summed E-state index contributed by atoms with van der Waals surface area (Å²) in [5.74, 6) is -0.324. The molecule has 7 rings (SSSR count). The van der Waals surface area contributed by atoms with Crippen LogP contribution in [0.25, 0.3) is 22.4 Å². The summed E-state index contributed by atoms with van der Waals surface area (Å²) < 4.78 is 43.0. The Morgan fingerprint density at radius 3 is 2.65 bits per heavy atom. The van der Waals surface area contributed by atoms with Gasteiger partial charge >= 0.3 is 0 Å². The lowest BCUT2D eigenvalue weighted by molar-refractivity contribution is 0.579. The molecule has 1 aliphatic carbocycles. The summed E-state index contributed by atoms with van der Waals surface area (Å²) >= 11 is 6.32. The maximum atomic E-state index is 15.2. The first-order valence-corrected chi connectivity index (χ1v) is 14.9. The second-order valence-corrected chi connectivity index (χ2v) is 13.0. The first-order valence-electron chi connectivity index (χ1n) is 12.7. The van der Waals surface area contributed by atoms with Gasteiger partial charge in [-0.3, -0.25) is 4.79 Å². The van der Waals surface area contributed by atoms with Gasteiger partial charge in [0, 0.05) is 52.2 Å². The number of aliphatic imine (C=N–C) groups is 1. The molecule has 0 radical (unpaired) electrons. The van der Waals surface area contributed by atoms with E-state index in [-0.39, 0.29) is 34.8 Å². The van der Waals surface area contributed by atoms with E-state index in [9.17, 15) is 13.2 Å². The number of hydrogen-bond acceptors (Lipinski definition) is 7. The van der Waals surface area contributed by atoms with E-state index in [1.165, 1.54) is 17.1 Å². The van der Waals surface area contributed by atoms with E-state index in [0.717, 1.165) is 23.9 Å². The molecule has 3 unspecified atom stereocenters. The van der Waals surface area contributed by atoms with E-state index in [2.05, 4.69) is 20.5 Å². The van der Waals surface area contributed by atoms with Gasteiger partial charge in [0.1, 0.15) is 6.33 Å². The summed E-state index contributed by atoms with van der Waals surface area (Å²) in [6, 6.07) is 13.4. The van der Waals surface area contributed by atoms with E-state index >= 15 is 4.39 Å². The van der Waals surface area contributed by atoms with Gasteiger partial charge in [-0.2, -0.15) is 9.07 Å². The Balaban J connectivity index is 1.25. The molecule has 2 aliphatic heterocycles. The summed E-state index contributed by atoms with van der Waals surface area (Å²) in [5, 5.41) is 11.9. The van der Waals surface area contributed by atoms with Gasteiger partial charge in [0.05, 0.1) is 16.6 Å². The molecule has 1 saturated carbocycles. The lowest BCUT2D eigenvalue weighted by atomic mass is 9.97. The number of allylic oxidation sites excluding steroid dienone is 1. The minimum Gasteiger partial charge on any atom is -0.303 e. The van der Waals surface area contributed by atoms with Gasteiger partial charge in [-0.15, -0.1) is 5.10 Å². The lowest BCUT2D eigenvalue weighted by Gasteiger charge is -2.20. The van der Waals surface area contributed by atoms with Crippen LogP contribution in [-0.4, -0.2) is 45.2 Å². The van der Waals surface area contributed by atoms with Crippen molar-refractivity contribution in [1.82, 2.24) is 24.8 Å². The molecule has 2 aromatic heterocycles. The van der Waals surface area contributed by atoms with Crippen LogP contribution in [0.5, 0.6) is 0 Å². The number of aromatic nitrogens is 5. The second-order valence-electron chi connectivity index (χ2n) is 10.5. The summed E-state index contributed by atoms with van der Waals surface area (Å²) in [6.07, 6.45) is 3.70. The van der Waals surface area contributed by atoms with Crippen LogP contribution in [0.2, 0.25) is 5.02 Å². The average molecular weight is 577 g/mol. The van der Waals surface area contributed by atoms with Crippen molar-refractivity contribution in [3.63, 3.8) is 0 Å². The van der Waals surface area contributed by atoms with Gasteiger partial charge in [0.15, 0.2) is 9.84 Å². The maximum Gasteiger partial charge on any atom is 0.251 e. The minimum absolute atomic E-state index is 0.150. The highest BCUT2D eigenvalue weighted by molar-refractivity contribution is 7.90. The van der Waals surface area contributed by atoms with Crippen molar-refractivity contribution in [3.05, 3.63) is 93.0 Å². The maximum absolute atomic E-state index is 15.2. The number of rotatable bonds is 5. The lowest BCUT2D eigenvalue weighted by Crippen LogP contribution is -2.29. The zero-order valence-electron chi connectivity index (χ0n) is 21.4. The van der Waals surface area contributed by atoms with Crippen molar-refractivity contribution in [2.24, 2.45) is 10.9 Å². The fraction of sp³-hybridized carbons (Fsp3) is 0.250. The first kappa shape index (κ1) is 25.0. The molecule has 3 aliphatic rings. The summed E-state index contributed by atoms with van der Waals surface area (Å²) in [7, 11) is -3.48. The number of hydrogen-bond donors (Lipinski definition) is 0. The quantitative estimate of drug-likeness (QED) is 0.318. The van der Waals surface area contributed by atoms with E-state index < -0.39 is 15.8 Å². The fourth-order valence-corrected chi connectivity index (χ4v) is 7.27. The molecule has 202 valence electrons. The Hall–Kier alpha value is -3.96. The number of tetrazole rings is 1. The number of aryl methyl sites for hydroxylation is 1. The van der Waals surface area contributed by atoms with Gasteiger partial charge in [-0.25, -0.2) is 13.4 Å². The number of benzene rings is 2. The number of halogens is 2. The van der Waals surface area contributed by atoms with E-state index in [1.807, 2.05) is 6.07 Å². The molecule has 3 atom stereocenters. The number of fused-ring (bicyclic) bond motifs is 3. The van der Waals surface area contributed by atoms with E-state index in [4.69, 9.17) is 11.6 Å². The molecule has 0 spiro atoms. The van der Waals surface area contributed by atoms with Crippen LogP contribution in [0.4, 0.5) is 4.39 Å². The molecule has 12 heteroatoms. The number of pyridine rings is 1. The van der Waals surface area contributed by atoms with Crippen molar-refractivity contribution in [1.29, 1.82) is 0 Å². The predicted molar refractivity (Wildman–Crippen MR) is 148 cm³/mol. The number of nitrogens with zero attached hydrogens (tertiary/aromatic N) is 6. The Morgan fingerprint density at radius 1 is 1.07 bits per heavy atom. The van der Waals surface area contributed by atoms with Crippen LogP contribution < -0.4 is 5.56 Å². The molecular weight excluding hydrogens is 555 g/mol. The van der Waals surface area contributed by atoms with Gasteiger partial charge in [-0.05, 0) is 76.7 Å². The molecule has 2 aromatic carbocycles. The molecule has 0 N–H and O–H groups in total. The normalized spacial score (nSPS) is 21.4. The summed E-state index contributed by atoms with van der Waals surface area (Å²) in [5.41, 5.74) is 4.76. The SMILES string of the molecule is Cc1ccc(C2=C(F)N=C(C3C4CC4c4cc(-c5cc(Cl)ccc5-n5cnnn5)cc(=O)n43)C2)cc1S(C)(=O)=O. The molecule has 0 amide bonds. The van der Waals surface area contributed by atoms with Gasteiger partial charge < -0.3 is 4.57 Å². The van der Waals surface area contributed by atoms with Gasteiger partial charge in [0.25, 0.3) is 5.56 Å². The molecule has 0 bridgehead atoms. The number of sulfone groups is 1. The Kier molecular flexibility index (Phi) is 5.49. The van der Waals surface area contributed by atoms with Crippen LogP contribution in [-0.2, 0) is 9.84 Å². The molecule has 1 fully saturated rings. The smallest absolute Gasteiger partial charge is 0.251 e. The monoisotopic (exact) mass is 576 g/mol. The van der Waals surface area contributed by atoms with Crippen LogP contribution in [0.15, 0.2) is 75.5 Å². The van der Waals surface area contributed by atoms with Gasteiger partial charge in [-0.1, -0.05) is 23.7 Å². The van der Waals surface area contributed by atoms with Crippen molar-refractivity contribution < 1.29 is 12.8 Å². The average Bonchev–Trinajstić information content (AvgIpc) is 3.21. The third-order valence-electron chi connectivity index (χ3n) is 7.99. The third kappa shape index (κ3) is 3.95. The van der Waals surface area contributed by atoms with Crippen LogP contribution in [0, 0.1) is 12.8 Å². The zero-order chi connectivity index (χ0) is 27.9. The Bertz CT molecular complexity index is 1970. The minimum atomic E-state index is -3.48. The molecule has 4 aromatic rings. The molecule has 40 heavy (non-hydrogen) atoms. The molecule has 4 heterocycles. The van der Waals surface area contributed by atoms with Crippen LogP contribution in [0.1, 0.15) is 41.6 Å². The Labute approximate surface area is 233 Å². The van der Waals surface area contributed by atoms with E-state index in [1.54, 1.807) is 47.9 Å². The summed E-state index contributed by atoms with van der Waals surface area (Å²) in [4.78, 5) is 18.0. The second kappa shape index (κ2) is 8.77. The first-order chi connectivity index (χ1) is 19.1. The standard InChI is InChI=1S/C28H22ClFN6O3S/c1-14-3-4-15(8-25(14)40(2,38)39)19-12-22(32-28(19)30)27-21-11-20(21)24-7-16(9-26(37)36(24)27)18-10-17(29)5-6-23(18)35-13-31-33-34-35/h3-10,13,20-21,27H,11-12H2,1-2H3. The molecule has 0 saturated heterocycles. The van der Waals surface area contributed by atoms with E-state index in [0.29, 0.717) is 38.7 Å². The van der Waals surface area contributed by atoms with Crippen molar-refractivity contribution in [3.8, 4) is 16.8 Å². The summed E-state index contributed by atoms with van der Waals surface area (Å²) in [6.45, 7) is 1.71. The molecular formula is C28H22ClFN6O3S. The van der Waals surface area contributed by atoms with Crippen molar-refractivity contribution in [2.75, 3.05) is 6.26 Å². The fourth-order valence-electron chi connectivity index (χ4n) is 6.11. The zero-order valence-corrected chi connectivity index (χ0v) is 23.0. The van der Waals surface area contributed by atoms with Crippen molar-refractivity contribution in [2.45, 2.75) is 36.6 Å². The predicted octanol–water partition coefficient (Wildman–Crippen LogP) is 4.70.